The first-order valence-corrected chi connectivity index (χ1v) is 6.91. The van der Waals surface area contributed by atoms with Crippen LogP contribution in [0, 0.1) is 12.7 Å². The fraction of sp³-hybridized carbons (Fsp3) is 0.467. The van der Waals surface area contributed by atoms with E-state index >= 15 is 0 Å². The normalized spacial score (nSPS) is 10.3. The minimum absolute atomic E-state index is 0.120. The molecule has 0 aliphatic rings. The number of nitrogen functional groups attached to an aromatic ring is 1. The fourth-order valence-corrected chi connectivity index (χ4v) is 2.01. The van der Waals surface area contributed by atoms with Crippen molar-refractivity contribution in [1.29, 1.82) is 0 Å². The van der Waals surface area contributed by atoms with Gasteiger partial charge in [-0.25, -0.2) is 4.39 Å². The van der Waals surface area contributed by atoms with Gasteiger partial charge >= 0.3 is 5.97 Å². The van der Waals surface area contributed by atoms with Crippen molar-refractivity contribution in [2.45, 2.75) is 27.2 Å². The minimum atomic E-state index is -0.612. The summed E-state index contributed by atoms with van der Waals surface area (Å²) in [6, 6.07) is 2.75. The molecule has 116 valence electrons. The van der Waals surface area contributed by atoms with E-state index in [0.29, 0.717) is 24.2 Å². The van der Waals surface area contributed by atoms with Crippen LogP contribution in [0.15, 0.2) is 12.1 Å². The number of aryl methyl sites for hydroxylation is 1. The van der Waals surface area contributed by atoms with Crippen LogP contribution in [0.3, 0.4) is 0 Å². The summed E-state index contributed by atoms with van der Waals surface area (Å²) in [6.07, 6.45) is 0.647. The van der Waals surface area contributed by atoms with E-state index in [9.17, 15) is 14.0 Å². The first kappa shape index (κ1) is 16.9. The Morgan fingerprint density at radius 2 is 2.00 bits per heavy atom. The summed E-state index contributed by atoms with van der Waals surface area (Å²) in [7, 11) is 0. The minimum Gasteiger partial charge on any atom is -0.465 e. The molecule has 1 rings (SSSR count). The van der Waals surface area contributed by atoms with E-state index in [2.05, 4.69) is 0 Å². The smallest absolute Gasteiger partial charge is 0.325 e. The van der Waals surface area contributed by atoms with Crippen LogP contribution in [0.4, 0.5) is 10.1 Å². The molecular formula is C15H21FN2O3. The molecule has 0 unspecified atom stereocenters. The van der Waals surface area contributed by atoms with Gasteiger partial charge in [-0.1, -0.05) is 6.92 Å². The average Bonchev–Trinajstić information content (AvgIpc) is 2.42. The summed E-state index contributed by atoms with van der Waals surface area (Å²) in [4.78, 5) is 25.2. The zero-order valence-electron chi connectivity index (χ0n) is 12.6. The number of ether oxygens (including phenoxy) is 1. The van der Waals surface area contributed by atoms with Gasteiger partial charge in [0.05, 0.1) is 12.2 Å². The second-order valence-corrected chi connectivity index (χ2v) is 4.73. The first-order valence-electron chi connectivity index (χ1n) is 6.91. The molecule has 0 heterocycles. The van der Waals surface area contributed by atoms with Crippen molar-refractivity contribution in [2.24, 2.45) is 0 Å². The molecule has 0 bridgehead atoms. The molecule has 0 aromatic heterocycles. The molecule has 21 heavy (non-hydrogen) atoms. The second-order valence-electron chi connectivity index (χ2n) is 4.73. The standard InChI is InChI=1S/C15H21FN2O3/c1-4-6-18(9-13(19)21-5-2)15(20)12-8-11(17)7-10(3)14(12)16/h7-8H,4-6,9,17H2,1-3H3. The van der Waals surface area contributed by atoms with Gasteiger partial charge in [-0.15, -0.1) is 0 Å². The van der Waals surface area contributed by atoms with Crippen molar-refractivity contribution in [1.82, 2.24) is 4.90 Å². The van der Waals surface area contributed by atoms with E-state index in [1.807, 2.05) is 6.92 Å². The molecule has 1 aromatic rings. The average molecular weight is 296 g/mol. The van der Waals surface area contributed by atoms with Gasteiger partial charge < -0.3 is 15.4 Å². The Kier molecular flexibility index (Phi) is 6.14. The van der Waals surface area contributed by atoms with E-state index in [0.717, 1.165) is 0 Å². The van der Waals surface area contributed by atoms with Gasteiger partial charge in [-0.2, -0.15) is 0 Å². The van der Waals surface area contributed by atoms with Gasteiger partial charge in [0.25, 0.3) is 5.91 Å². The molecule has 6 heteroatoms. The monoisotopic (exact) mass is 296 g/mol. The van der Waals surface area contributed by atoms with Crippen LogP contribution < -0.4 is 5.73 Å². The van der Waals surface area contributed by atoms with Crippen molar-refractivity contribution in [2.75, 3.05) is 25.4 Å². The van der Waals surface area contributed by atoms with E-state index < -0.39 is 17.7 Å². The number of nitrogens with two attached hydrogens (primary N) is 1. The SMILES string of the molecule is CCCN(CC(=O)OCC)C(=O)c1cc(N)cc(C)c1F. The number of carbonyl (C=O) groups is 2. The zero-order valence-corrected chi connectivity index (χ0v) is 12.6. The molecule has 1 amide bonds. The number of carbonyl (C=O) groups excluding carboxylic acids is 2. The molecule has 0 radical (unpaired) electrons. The van der Waals surface area contributed by atoms with Gasteiger partial charge in [0, 0.05) is 12.2 Å². The summed E-state index contributed by atoms with van der Waals surface area (Å²) < 4.78 is 18.9. The quantitative estimate of drug-likeness (QED) is 0.645. The number of esters is 1. The highest BCUT2D eigenvalue weighted by molar-refractivity contribution is 5.97. The predicted octanol–water partition coefficient (Wildman–Crippen LogP) is 2.13. The third-order valence-corrected chi connectivity index (χ3v) is 2.91. The van der Waals surface area contributed by atoms with Crippen LogP contribution in [-0.4, -0.2) is 36.5 Å². The molecular weight excluding hydrogens is 275 g/mol. The summed E-state index contributed by atoms with van der Waals surface area (Å²) in [5, 5.41) is 0. The molecule has 0 fully saturated rings. The number of benzene rings is 1. The number of nitrogens with zero attached hydrogens (tertiary/aromatic N) is 1. The van der Waals surface area contributed by atoms with Crippen LogP contribution >= 0.6 is 0 Å². The zero-order chi connectivity index (χ0) is 16.0. The second kappa shape index (κ2) is 7.61. The van der Waals surface area contributed by atoms with Crippen molar-refractivity contribution >= 4 is 17.6 Å². The number of anilines is 1. The maximum Gasteiger partial charge on any atom is 0.325 e. The first-order chi connectivity index (χ1) is 9.90. The fourth-order valence-electron chi connectivity index (χ4n) is 2.01. The van der Waals surface area contributed by atoms with Crippen LogP contribution in [0.25, 0.3) is 0 Å². The lowest BCUT2D eigenvalue weighted by atomic mass is 10.1. The molecule has 0 aliphatic carbocycles. The van der Waals surface area contributed by atoms with E-state index in [-0.39, 0.29) is 18.7 Å². The van der Waals surface area contributed by atoms with Gasteiger partial charge in [0.2, 0.25) is 0 Å². The Hall–Kier alpha value is -2.11. The maximum absolute atomic E-state index is 14.1. The van der Waals surface area contributed by atoms with Crippen molar-refractivity contribution in [3.63, 3.8) is 0 Å². The van der Waals surface area contributed by atoms with Gasteiger partial charge in [-0.3, -0.25) is 9.59 Å². The Labute approximate surface area is 123 Å². The van der Waals surface area contributed by atoms with Gasteiger partial charge in [0.15, 0.2) is 0 Å². The highest BCUT2D eigenvalue weighted by Crippen LogP contribution is 2.19. The highest BCUT2D eigenvalue weighted by atomic mass is 19.1. The summed E-state index contributed by atoms with van der Waals surface area (Å²) in [5.41, 5.74) is 6.15. The topological polar surface area (TPSA) is 72.6 Å². The summed E-state index contributed by atoms with van der Waals surface area (Å²) in [5.74, 6) is -1.68. The van der Waals surface area contributed by atoms with Crippen LogP contribution in [0.5, 0.6) is 0 Å². The van der Waals surface area contributed by atoms with Gasteiger partial charge in [0.1, 0.15) is 12.4 Å². The third-order valence-electron chi connectivity index (χ3n) is 2.91. The van der Waals surface area contributed by atoms with Gasteiger partial charge in [-0.05, 0) is 38.0 Å². The molecule has 0 aliphatic heterocycles. The molecule has 1 aromatic carbocycles. The van der Waals surface area contributed by atoms with E-state index in [1.165, 1.54) is 24.0 Å². The Balaban J connectivity index is 3.03. The predicted molar refractivity (Wildman–Crippen MR) is 78.4 cm³/mol. The lowest BCUT2D eigenvalue weighted by molar-refractivity contribution is -0.143. The largest absolute Gasteiger partial charge is 0.465 e. The maximum atomic E-state index is 14.1. The summed E-state index contributed by atoms with van der Waals surface area (Å²) in [6.45, 7) is 5.46. The molecule has 5 nitrogen and oxygen atoms in total. The lowest BCUT2D eigenvalue weighted by Gasteiger charge is -2.21. The molecule has 0 atom stereocenters. The van der Waals surface area contributed by atoms with Crippen LogP contribution in [-0.2, 0) is 9.53 Å². The third kappa shape index (κ3) is 4.44. The number of halogens is 1. The van der Waals surface area contributed by atoms with Crippen molar-refractivity contribution in [3.8, 4) is 0 Å². The number of hydrogen-bond acceptors (Lipinski definition) is 4. The van der Waals surface area contributed by atoms with Crippen molar-refractivity contribution in [3.05, 3.63) is 29.1 Å². The van der Waals surface area contributed by atoms with Crippen molar-refractivity contribution < 1.29 is 18.7 Å². The Bertz CT molecular complexity index is 532. The lowest BCUT2D eigenvalue weighted by Crippen LogP contribution is -2.37. The Morgan fingerprint density at radius 1 is 1.33 bits per heavy atom. The molecule has 2 N–H and O–H groups in total. The number of amides is 1. The van der Waals surface area contributed by atoms with E-state index in [1.54, 1.807) is 6.92 Å². The molecule has 0 saturated heterocycles. The Morgan fingerprint density at radius 3 is 2.57 bits per heavy atom. The van der Waals surface area contributed by atoms with Crippen LogP contribution in [0.2, 0.25) is 0 Å². The molecule has 0 spiro atoms. The summed E-state index contributed by atoms with van der Waals surface area (Å²) >= 11 is 0. The molecule has 0 saturated carbocycles. The highest BCUT2D eigenvalue weighted by Gasteiger charge is 2.22. The van der Waals surface area contributed by atoms with E-state index in [4.69, 9.17) is 10.5 Å². The van der Waals surface area contributed by atoms with Crippen LogP contribution in [0.1, 0.15) is 36.2 Å². The number of rotatable bonds is 6. The number of hydrogen-bond donors (Lipinski definition) is 1.